The van der Waals surface area contributed by atoms with Crippen LogP contribution in [0.4, 0.5) is 0 Å². The lowest BCUT2D eigenvalue weighted by Crippen LogP contribution is -2.14. The Hall–Kier alpha value is -1.10. The average Bonchev–Trinajstić information content (AvgIpc) is 2.91. The molecule has 0 radical (unpaired) electrons. The largest absolute Gasteiger partial charge is 0.481 e. The summed E-state index contributed by atoms with van der Waals surface area (Å²) in [7, 11) is 0. The van der Waals surface area contributed by atoms with E-state index >= 15 is 0 Å². The molecule has 1 fully saturated rings. The highest BCUT2D eigenvalue weighted by Crippen LogP contribution is 2.06. The van der Waals surface area contributed by atoms with Gasteiger partial charge in [-0.1, -0.05) is 54.9 Å². The summed E-state index contributed by atoms with van der Waals surface area (Å²) in [6.45, 7) is 15.2. The second-order valence-corrected chi connectivity index (χ2v) is 6.01. The van der Waals surface area contributed by atoms with Crippen molar-refractivity contribution in [2.24, 2.45) is 11.8 Å². The topological polar surface area (TPSA) is 83.8 Å². The summed E-state index contributed by atoms with van der Waals surface area (Å²) in [4.78, 5) is 20.1. The first-order chi connectivity index (χ1) is 10.7. The molecule has 1 atom stereocenters. The van der Waals surface area contributed by atoms with Gasteiger partial charge in [-0.15, -0.1) is 0 Å². The number of esters is 1. The number of carboxylic acids is 1. The Morgan fingerprint density at radius 3 is 1.83 bits per heavy atom. The molecule has 140 valence electrons. The lowest BCUT2D eigenvalue weighted by molar-refractivity contribution is -0.139. The highest BCUT2D eigenvalue weighted by Gasteiger charge is 2.10. The fourth-order valence-electron chi connectivity index (χ4n) is 1.30. The maximum absolute atomic E-state index is 10.0. The molecule has 1 unspecified atom stereocenters. The van der Waals surface area contributed by atoms with Crippen molar-refractivity contribution in [3.63, 3.8) is 0 Å². The number of cyclic esters (lactones) is 1. The molecule has 0 aromatic heterocycles. The van der Waals surface area contributed by atoms with E-state index in [4.69, 9.17) is 10.2 Å². The Labute approximate surface area is 142 Å². The van der Waals surface area contributed by atoms with Crippen LogP contribution in [0.25, 0.3) is 0 Å². The van der Waals surface area contributed by atoms with E-state index in [0.717, 1.165) is 12.3 Å². The molecular formula is C18H38O5. The number of rotatable bonds is 5. The van der Waals surface area contributed by atoms with E-state index in [1.165, 1.54) is 6.42 Å². The molecule has 0 saturated carbocycles. The van der Waals surface area contributed by atoms with Crippen LogP contribution in [-0.2, 0) is 14.3 Å². The maximum atomic E-state index is 10.0. The van der Waals surface area contributed by atoms with Gasteiger partial charge in [0.2, 0.25) is 0 Å². The number of carboxylic acid groups (broad SMARTS) is 1. The van der Waals surface area contributed by atoms with E-state index in [9.17, 15) is 9.59 Å². The van der Waals surface area contributed by atoms with Gasteiger partial charge in [-0.2, -0.15) is 0 Å². The van der Waals surface area contributed by atoms with Gasteiger partial charge in [-0.25, -0.2) is 0 Å². The lowest BCUT2D eigenvalue weighted by atomic mass is 10.0. The van der Waals surface area contributed by atoms with Gasteiger partial charge in [-0.3, -0.25) is 9.59 Å². The number of aliphatic hydroxyl groups is 1. The van der Waals surface area contributed by atoms with Gasteiger partial charge < -0.3 is 14.9 Å². The Balaban J connectivity index is -0.000000263. The van der Waals surface area contributed by atoms with Gasteiger partial charge in [-0.05, 0) is 24.7 Å². The van der Waals surface area contributed by atoms with Crippen LogP contribution in [0.1, 0.15) is 80.6 Å². The summed E-state index contributed by atoms with van der Waals surface area (Å²) in [6.07, 6.45) is 2.58. The summed E-state index contributed by atoms with van der Waals surface area (Å²) in [5.41, 5.74) is 0. The third kappa shape index (κ3) is 29.5. The number of aliphatic carboxylic acids is 1. The van der Waals surface area contributed by atoms with E-state index in [1.54, 1.807) is 0 Å². The van der Waals surface area contributed by atoms with Crippen molar-refractivity contribution < 1.29 is 24.5 Å². The monoisotopic (exact) mass is 334 g/mol. The van der Waals surface area contributed by atoms with Crippen LogP contribution in [-0.4, -0.2) is 34.9 Å². The molecule has 0 bridgehead atoms. The lowest BCUT2D eigenvalue weighted by Gasteiger charge is -2.09. The number of carbonyl (C=O) groups excluding carboxylic acids is 1. The molecule has 5 heteroatoms. The highest BCUT2D eigenvalue weighted by molar-refractivity contribution is 5.70. The predicted molar refractivity (Wildman–Crippen MR) is 94.4 cm³/mol. The number of hydrogen-bond acceptors (Lipinski definition) is 4. The van der Waals surface area contributed by atoms with Crippen molar-refractivity contribution in [2.75, 3.05) is 6.61 Å². The fourth-order valence-corrected chi connectivity index (χ4v) is 1.30. The minimum absolute atomic E-state index is 0.0463. The summed E-state index contributed by atoms with van der Waals surface area (Å²) >= 11 is 0. The van der Waals surface area contributed by atoms with Crippen molar-refractivity contribution >= 4 is 11.9 Å². The Morgan fingerprint density at radius 1 is 1.17 bits per heavy atom. The second kappa shape index (κ2) is 18.9. The van der Waals surface area contributed by atoms with Crippen molar-refractivity contribution in [1.82, 2.24) is 0 Å². The fraction of sp³-hybridized carbons (Fsp3) is 0.889. The number of hydrogen-bond donors (Lipinski definition) is 2. The molecule has 1 rings (SSSR count). The van der Waals surface area contributed by atoms with Crippen molar-refractivity contribution in [1.29, 1.82) is 0 Å². The predicted octanol–water partition coefficient (Wildman–Crippen LogP) is 4.27. The number of ether oxygens (including phenoxy) is 1. The van der Waals surface area contributed by atoms with Gasteiger partial charge >= 0.3 is 11.9 Å². The molecule has 2 N–H and O–H groups in total. The molecule has 0 aromatic carbocycles. The smallest absolute Gasteiger partial charge is 0.305 e. The molecule has 0 spiro atoms. The third-order valence-corrected chi connectivity index (χ3v) is 2.76. The van der Waals surface area contributed by atoms with Crippen LogP contribution in [0, 0.1) is 11.8 Å². The normalized spacial score (nSPS) is 13.7. The van der Waals surface area contributed by atoms with Crippen molar-refractivity contribution in [3.05, 3.63) is 0 Å². The quantitative estimate of drug-likeness (QED) is 0.733. The highest BCUT2D eigenvalue weighted by atomic mass is 16.5. The van der Waals surface area contributed by atoms with E-state index in [0.29, 0.717) is 25.4 Å². The molecule has 23 heavy (non-hydrogen) atoms. The summed E-state index contributed by atoms with van der Waals surface area (Å²) in [5, 5.41) is 17.2. The average molecular weight is 334 g/mol. The van der Waals surface area contributed by atoms with E-state index < -0.39 is 12.1 Å². The van der Waals surface area contributed by atoms with Gasteiger partial charge in [0.1, 0.15) is 0 Å². The number of aliphatic hydroxyl groups excluding tert-OH is 1. The number of carbonyl (C=O) groups is 2. The maximum Gasteiger partial charge on any atom is 0.305 e. The second-order valence-electron chi connectivity index (χ2n) is 6.01. The summed E-state index contributed by atoms with van der Waals surface area (Å²) in [6, 6.07) is 0. The molecule has 1 aliphatic rings. The molecular weight excluding hydrogens is 296 g/mol. The molecule has 0 aliphatic carbocycles. The van der Waals surface area contributed by atoms with E-state index in [-0.39, 0.29) is 12.4 Å². The molecule has 0 aromatic rings. The van der Waals surface area contributed by atoms with Crippen molar-refractivity contribution in [2.45, 2.75) is 86.7 Å². The first-order valence-corrected chi connectivity index (χ1v) is 8.74. The standard InChI is InChI=1S/C7H14O3.C5H12.C4H6O2.C2H6/c1-5(2)3-6(8)4-7(9)10;1-4-5(2)3;5-4-2-1-3-6-4;1-2/h5-6,8H,3-4H2,1-2H3,(H,9,10);5H,4H2,1-3H3;1-3H2;1-2H3. The molecule has 1 saturated heterocycles. The summed E-state index contributed by atoms with van der Waals surface area (Å²) < 4.78 is 4.51. The minimum atomic E-state index is -0.937. The van der Waals surface area contributed by atoms with Crippen LogP contribution in [0.15, 0.2) is 0 Å². The van der Waals surface area contributed by atoms with Crippen LogP contribution in [0.5, 0.6) is 0 Å². The molecule has 0 amide bonds. The minimum Gasteiger partial charge on any atom is -0.481 e. The summed E-state index contributed by atoms with van der Waals surface area (Å²) in [5.74, 6) is 0.257. The first-order valence-electron chi connectivity index (χ1n) is 8.74. The van der Waals surface area contributed by atoms with Gasteiger partial charge in [0.05, 0.1) is 19.1 Å². The zero-order valence-corrected chi connectivity index (χ0v) is 16.1. The molecule has 5 nitrogen and oxygen atoms in total. The molecule has 1 heterocycles. The van der Waals surface area contributed by atoms with E-state index in [1.807, 2.05) is 27.7 Å². The van der Waals surface area contributed by atoms with Crippen LogP contribution in [0.3, 0.4) is 0 Å². The van der Waals surface area contributed by atoms with Crippen LogP contribution < -0.4 is 0 Å². The van der Waals surface area contributed by atoms with Crippen LogP contribution in [0.2, 0.25) is 0 Å². The van der Waals surface area contributed by atoms with E-state index in [2.05, 4.69) is 25.5 Å². The SMILES string of the molecule is CC.CC(C)CC(O)CC(=O)O.CCC(C)C.O=C1CCCO1. The van der Waals surface area contributed by atoms with Gasteiger partial charge in [0.15, 0.2) is 0 Å². The Kier molecular flexibility index (Phi) is 22.1. The van der Waals surface area contributed by atoms with Gasteiger partial charge in [0.25, 0.3) is 0 Å². The Morgan fingerprint density at radius 2 is 1.65 bits per heavy atom. The first kappa shape index (κ1) is 26.8. The zero-order chi connectivity index (χ0) is 18.8. The zero-order valence-electron chi connectivity index (χ0n) is 16.1. The van der Waals surface area contributed by atoms with Gasteiger partial charge in [0, 0.05) is 6.42 Å². The van der Waals surface area contributed by atoms with Crippen LogP contribution >= 0.6 is 0 Å². The Bertz CT molecular complexity index is 267. The molecule has 1 aliphatic heterocycles. The third-order valence-electron chi connectivity index (χ3n) is 2.76. The van der Waals surface area contributed by atoms with Crippen molar-refractivity contribution in [3.8, 4) is 0 Å².